The van der Waals surface area contributed by atoms with Crippen molar-refractivity contribution in [3.63, 3.8) is 0 Å². The maximum absolute atomic E-state index is 9.85. The van der Waals surface area contributed by atoms with Crippen LogP contribution in [0.1, 0.15) is 13.8 Å². The van der Waals surface area contributed by atoms with Crippen molar-refractivity contribution in [3.8, 4) is 0 Å². The number of aliphatic hydroxyl groups excluding tert-OH is 3. The Morgan fingerprint density at radius 1 is 1.24 bits per heavy atom. The van der Waals surface area contributed by atoms with Crippen molar-refractivity contribution in [3.05, 3.63) is 0 Å². The zero-order chi connectivity index (χ0) is 12.6. The van der Waals surface area contributed by atoms with Gasteiger partial charge in [-0.15, -0.1) is 0 Å². The molecule has 2 fully saturated rings. The number of ether oxygens (including phenoxy) is 4. The van der Waals surface area contributed by atoms with Crippen molar-refractivity contribution in [1.82, 2.24) is 0 Å². The van der Waals surface area contributed by atoms with Crippen molar-refractivity contribution < 1.29 is 34.3 Å². The molecular formula is C10H18O7. The highest BCUT2D eigenvalue weighted by molar-refractivity contribution is 4.93. The zero-order valence-electron chi connectivity index (χ0n) is 9.78. The molecule has 0 bridgehead atoms. The van der Waals surface area contributed by atoms with E-state index in [1.54, 1.807) is 13.8 Å². The standard InChI is InChI=1S/C10H18O7/c1-3-14-10(2)16-8-7(13)6(12)5(4-11)15-9(8)17-10/h5-9,11-13H,3-4H2,1-2H3/t5-,6-,7+,8+,9+,10-/m1/s1. The predicted molar refractivity (Wildman–Crippen MR) is 53.7 cm³/mol. The highest BCUT2D eigenvalue weighted by atomic mass is 16.9. The molecule has 7 heteroatoms. The van der Waals surface area contributed by atoms with E-state index in [0.29, 0.717) is 6.61 Å². The van der Waals surface area contributed by atoms with Crippen LogP contribution in [0.3, 0.4) is 0 Å². The van der Waals surface area contributed by atoms with Gasteiger partial charge < -0.3 is 29.5 Å². The smallest absolute Gasteiger partial charge is 0.282 e. The van der Waals surface area contributed by atoms with Crippen molar-refractivity contribution in [2.24, 2.45) is 0 Å². The monoisotopic (exact) mass is 250 g/mol. The lowest BCUT2D eigenvalue weighted by Crippen LogP contribution is -2.57. The first-order valence-electron chi connectivity index (χ1n) is 5.63. The summed E-state index contributed by atoms with van der Waals surface area (Å²) in [6, 6.07) is 0. The third-order valence-corrected chi connectivity index (χ3v) is 2.91. The summed E-state index contributed by atoms with van der Waals surface area (Å²) < 4.78 is 21.4. The van der Waals surface area contributed by atoms with Crippen LogP contribution in [0.15, 0.2) is 0 Å². The minimum absolute atomic E-state index is 0.373. The van der Waals surface area contributed by atoms with E-state index in [4.69, 9.17) is 24.1 Å². The molecular weight excluding hydrogens is 232 g/mol. The Morgan fingerprint density at radius 3 is 2.53 bits per heavy atom. The molecule has 0 unspecified atom stereocenters. The number of aliphatic hydroxyl groups is 3. The quantitative estimate of drug-likeness (QED) is 0.563. The summed E-state index contributed by atoms with van der Waals surface area (Å²) in [6.07, 6.45) is -4.98. The van der Waals surface area contributed by atoms with E-state index in [0.717, 1.165) is 0 Å². The third kappa shape index (κ3) is 2.32. The van der Waals surface area contributed by atoms with Crippen LogP contribution in [-0.2, 0) is 18.9 Å². The van der Waals surface area contributed by atoms with Crippen molar-refractivity contribution in [1.29, 1.82) is 0 Å². The van der Waals surface area contributed by atoms with Gasteiger partial charge in [0.25, 0.3) is 5.97 Å². The fourth-order valence-electron chi connectivity index (χ4n) is 2.09. The second-order valence-electron chi connectivity index (χ2n) is 4.20. The Kier molecular flexibility index (Phi) is 3.69. The molecule has 0 aromatic rings. The number of hydrogen-bond acceptors (Lipinski definition) is 7. The lowest BCUT2D eigenvalue weighted by molar-refractivity contribution is -0.342. The fraction of sp³-hybridized carbons (Fsp3) is 1.00. The fourth-order valence-corrected chi connectivity index (χ4v) is 2.09. The van der Waals surface area contributed by atoms with Crippen LogP contribution in [0.4, 0.5) is 0 Å². The summed E-state index contributed by atoms with van der Waals surface area (Å²) in [6.45, 7) is 3.31. The van der Waals surface area contributed by atoms with E-state index in [1.165, 1.54) is 0 Å². The third-order valence-electron chi connectivity index (χ3n) is 2.91. The van der Waals surface area contributed by atoms with E-state index in [2.05, 4.69) is 0 Å². The molecule has 2 saturated heterocycles. The van der Waals surface area contributed by atoms with Gasteiger partial charge in [-0.05, 0) is 6.92 Å². The maximum atomic E-state index is 9.85. The minimum atomic E-state index is -1.30. The number of fused-ring (bicyclic) bond motifs is 1. The Balaban J connectivity index is 2.09. The molecule has 2 aliphatic rings. The molecule has 0 spiro atoms. The average molecular weight is 250 g/mol. The summed E-state index contributed by atoms with van der Waals surface area (Å²) in [5.41, 5.74) is 0. The summed E-state index contributed by atoms with van der Waals surface area (Å²) in [5.74, 6) is -1.30. The van der Waals surface area contributed by atoms with Gasteiger partial charge in [-0.2, -0.15) is 0 Å². The van der Waals surface area contributed by atoms with Crippen LogP contribution in [0.2, 0.25) is 0 Å². The molecule has 0 aromatic heterocycles. The Bertz CT molecular complexity index is 273. The minimum Gasteiger partial charge on any atom is -0.394 e. The van der Waals surface area contributed by atoms with Crippen LogP contribution in [-0.4, -0.2) is 65.2 Å². The number of rotatable bonds is 3. The molecule has 0 aliphatic carbocycles. The molecule has 0 radical (unpaired) electrons. The van der Waals surface area contributed by atoms with Gasteiger partial charge in [0.1, 0.15) is 24.4 Å². The van der Waals surface area contributed by atoms with E-state index in [9.17, 15) is 10.2 Å². The first-order valence-corrected chi connectivity index (χ1v) is 5.63. The molecule has 3 N–H and O–H groups in total. The first-order chi connectivity index (χ1) is 8.00. The molecule has 2 rings (SSSR count). The summed E-state index contributed by atoms with van der Waals surface area (Å²) in [5, 5.41) is 28.5. The van der Waals surface area contributed by atoms with Crippen LogP contribution >= 0.6 is 0 Å². The van der Waals surface area contributed by atoms with Gasteiger partial charge in [0.05, 0.1) is 6.61 Å². The van der Waals surface area contributed by atoms with Crippen LogP contribution < -0.4 is 0 Å². The van der Waals surface area contributed by atoms with Gasteiger partial charge in [-0.3, -0.25) is 4.74 Å². The molecule has 0 amide bonds. The summed E-state index contributed by atoms with van der Waals surface area (Å²) >= 11 is 0. The molecule has 0 aromatic carbocycles. The Labute approximate surface area is 98.8 Å². The molecule has 2 aliphatic heterocycles. The van der Waals surface area contributed by atoms with Crippen LogP contribution in [0, 0.1) is 0 Å². The largest absolute Gasteiger partial charge is 0.394 e. The molecule has 7 nitrogen and oxygen atoms in total. The highest BCUT2D eigenvalue weighted by Crippen LogP contribution is 2.36. The van der Waals surface area contributed by atoms with Gasteiger partial charge in [0.15, 0.2) is 6.29 Å². The van der Waals surface area contributed by atoms with Crippen molar-refractivity contribution in [2.75, 3.05) is 13.2 Å². The second kappa shape index (κ2) is 4.77. The average Bonchev–Trinajstić information content (AvgIpc) is 2.61. The highest BCUT2D eigenvalue weighted by Gasteiger charge is 2.55. The molecule has 17 heavy (non-hydrogen) atoms. The van der Waals surface area contributed by atoms with E-state index in [-0.39, 0.29) is 0 Å². The van der Waals surface area contributed by atoms with Gasteiger partial charge in [-0.25, -0.2) is 0 Å². The van der Waals surface area contributed by atoms with Crippen molar-refractivity contribution >= 4 is 0 Å². The first kappa shape index (κ1) is 13.2. The maximum Gasteiger partial charge on any atom is 0.282 e. The van der Waals surface area contributed by atoms with Crippen LogP contribution in [0.25, 0.3) is 0 Å². The summed E-state index contributed by atoms with van der Waals surface area (Å²) in [4.78, 5) is 0. The van der Waals surface area contributed by atoms with E-state index >= 15 is 0 Å². The molecule has 0 saturated carbocycles. The normalized spacial score (nSPS) is 50.3. The van der Waals surface area contributed by atoms with E-state index < -0.39 is 43.3 Å². The van der Waals surface area contributed by atoms with Gasteiger partial charge >= 0.3 is 0 Å². The Morgan fingerprint density at radius 2 is 1.94 bits per heavy atom. The molecule has 100 valence electrons. The van der Waals surface area contributed by atoms with Gasteiger partial charge in [0.2, 0.25) is 0 Å². The summed E-state index contributed by atoms with van der Waals surface area (Å²) in [7, 11) is 0. The second-order valence-corrected chi connectivity index (χ2v) is 4.20. The topological polar surface area (TPSA) is 97.6 Å². The Hall–Kier alpha value is -0.280. The SMILES string of the molecule is CCO[C@@]1(C)O[C@@H]2O[C@H](CO)[C@@H](O)[C@H](O)[C@@H]2O1. The van der Waals surface area contributed by atoms with Crippen LogP contribution in [0.5, 0.6) is 0 Å². The lowest BCUT2D eigenvalue weighted by Gasteiger charge is -2.36. The predicted octanol–water partition coefficient (Wildman–Crippen LogP) is -1.45. The molecule has 6 atom stereocenters. The van der Waals surface area contributed by atoms with E-state index in [1.807, 2.05) is 0 Å². The number of hydrogen-bond donors (Lipinski definition) is 3. The van der Waals surface area contributed by atoms with Gasteiger partial charge in [-0.1, -0.05) is 0 Å². The van der Waals surface area contributed by atoms with Gasteiger partial charge in [0, 0.05) is 13.5 Å². The lowest BCUT2D eigenvalue weighted by atomic mass is 9.99. The molecule has 2 heterocycles. The zero-order valence-corrected chi connectivity index (χ0v) is 9.78. The van der Waals surface area contributed by atoms with Crippen molar-refractivity contribution in [2.45, 2.75) is 50.5 Å².